The van der Waals surface area contributed by atoms with Crippen LogP contribution in [0.1, 0.15) is 39.0 Å². The SMILES string of the molecule is CC1CCCCN1S(=O)(=O)N1CCN(CCCCN)CC1. The van der Waals surface area contributed by atoms with E-state index >= 15 is 0 Å². The third-order valence-corrected chi connectivity index (χ3v) is 6.78. The topological polar surface area (TPSA) is 69.9 Å². The Labute approximate surface area is 129 Å². The standard InChI is InChI=1S/C14H30N4O2S/c1-14-6-2-4-9-18(14)21(19,20)17-12-10-16(11-13-17)8-5-3-7-15/h14H,2-13,15H2,1H3. The van der Waals surface area contributed by atoms with Crippen molar-refractivity contribution < 1.29 is 8.42 Å². The summed E-state index contributed by atoms with van der Waals surface area (Å²) in [4.78, 5) is 2.35. The molecule has 2 N–H and O–H groups in total. The van der Waals surface area contributed by atoms with Crippen LogP contribution in [0.2, 0.25) is 0 Å². The van der Waals surface area contributed by atoms with Crippen LogP contribution >= 0.6 is 0 Å². The Morgan fingerprint density at radius 3 is 2.38 bits per heavy atom. The maximum atomic E-state index is 12.7. The molecule has 0 aliphatic carbocycles. The van der Waals surface area contributed by atoms with Crippen LogP contribution < -0.4 is 5.73 Å². The molecule has 6 nitrogen and oxygen atoms in total. The molecule has 2 heterocycles. The molecule has 0 bridgehead atoms. The van der Waals surface area contributed by atoms with Crippen molar-refractivity contribution >= 4 is 10.2 Å². The van der Waals surface area contributed by atoms with E-state index in [2.05, 4.69) is 4.90 Å². The highest BCUT2D eigenvalue weighted by Crippen LogP contribution is 2.23. The van der Waals surface area contributed by atoms with Crippen molar-refractivity contribution in [2.45, 2.75) is 45.1 Å². The van der Waals surface area contributed by atoms with E-state index < -0.39 is 10.2 Å². The molecule has 2 aliphatic rings. The third kappa shape index (κ3) is 4.39. The smallest absolute Gasteiger partial charge is 0.282 e. The highest BCUT2D eigenvalue weighted by Gasteiger charge is 2.35. The highest BCUT2D eigenvalue weighted by atomic mass is 32.2. The van der Waals surface area contributed by atoms with E-state index in [0.29, 0.717) is 19.6 Å². The lowest BCUT2D eigenvalue weighted by Crippen LogP contribution is -2.55. The fourth-order valence-corrected chi connectivity index (χ4v) is 5.07. The van der Waals surface area contributed by atoms with Crippen molar-refractivity contribution in [3.05, 3.63) is 0 Å². The Hall–Kier alpha value is -0.210. The van der Waals surface area contributed by atoms with E-state index in [-0.39, 0.29) is 6.04 Å². The molecule has 21 heavy (non-hydrogen) atoms. The minimum Gasteiger partial charge on any atom is -0.330 e. The summed E-state index contributed by atoms with van der Waals surface area (Å²) in [6.07, 6.45) is 5.26. The first-order valence-corrected chi connectivity index (χ1v) is 9.64. The van der Waals surface area contributed by atoms with E-state index in [1.807, 2.05) is 6.92 Å². The normalized spacial score (nSPS) is 27.0. The summed E-state index contributed by atoms with van der Waals surface area (Å²) in [5, 5.41) is 0. The number of unbranched alkanes of at least 4 members (excludes halogenated alkanes) is 1. The van der Waals surface area contributed by atoms with Gasteiger partial charge in [0.15, 0.2) is 0 Å². The molecule has 0 aromatic carbocycles. The highest BCUT2D eigenvalue weighted by molar-refractivity contribution is 7.86. The van der Waals surface area contributed by atoms with Crippen molar-refractivity contribution in [1.29, 1.82) is 0 Å². The molecule has 2 aliphatic heterocycles. The number of nitrogens with two attached hydrogens (primary N) is 1. The molecule has 2 rings (SSSR count). The molecule has 0 aromatic heterocycles. The van der Waals surface area contributed by atoms with Gasteiger partial charge in [-0.25, -0.2) is 0 Å². The van der Waals surface area contributed by atoms with Gasteiger partial charge in [0.05, 0.1) is 0 Å². The second-order valence-electron chi connectivity index (χ2n) is 6.20. The van der Waals surface area contributed by atoms with E-state index in [0.717, 1.165) is 58.3 Å². The van der Waals surface area contributed by atoms with Gasteiger partial charge in [0.2, 0.25) is 0 Å². The van der Waals surface area contributed by atoms with Crippen LogP contribution in [0, 0.1) is 0 Å². The van der Waals surface area contributed by atoms with Gasteiger partial charge in [-0.1, -0.05) is 6.42 Å². The summed E-state index contributed by atoms with van der Waals surface area (Å²) in [5.41, 5.74) is 5.51. The first-order chi connectivity index (χ1) is 10.1. The lowest BCUT2D eigenvalue weighted by atomic mass is 10.1. The number of nitrogens with zero attached hydrogens (tertiary/aromatic N) is 3. The molecule has 2 saturated heterocycles. The second kappa shape index (κ2) is 7.87. The van der Waals surface area contributed by atoms with Gasteiger partial charge in [0.25, 0.3) is 10.2 Å². The van der Waals surface area contributed by atoms with Gasteiger partial charge in [-0.05, 0) is 45.7 Å². The second-order valence-corrected chi connectivity index (χ2v) is 8.08. The first kappa shape index (κ1) is 17.1. The van der Waals surface area contributed by atoms with Crippen LogP contribution in [-0.2, 0) is 10.2 Å². The molecule has 0 spiro atoms. The summed E-state index contributed by atoms with van der Waals surface area (Å²) >= 11 is 0. The predicted octanol–water partition coefficient (Wildman–Crippen LogP) is 0.462. The molecule has 1 unspecified atom stereocenters. The molecule has 124 valence electrons. The summed E-state index contributed by atoms with van der Waals surface area (Å²) in [6.45, 7) is 7.40. The average molecular weight is 318 g/mol. The Balaban J connectivity index is 1.85. The Kier molecular flexibility index (Phi) is 6.43. The van der Waals surface area contributed by atoms with Gasteiger partial charge in [-0.2, -0.15) is 17.0 Å². The third-order valence-electron chi connectivity index (χ3n) is 4.62. The van der Waals surface area contributed by atoms with Gasteiger partial charge < -0.3 is 10.6 Å². The molecular formula is C14H30N4O2S. The first-order valence-electron chi connectivity index (χ1n) is 8.25. The molecule has 0 aromatic rings. The molecule has 2 fully saturated rings. The fourth-order valence-electron chi connectivity index (χ4n) is 3.23. The zero-order valence-electron chi connectivity index (χ0n) is 13.2. The molecule has 1 atom stereocenters. The lowest BCUT2D eigenvalue weighted by molar-refractivity contribution is 0.170. The molecule has 0 amide bonds. The van der Waals surface area contributed by atoms with Crippen LogP contribution in [0.4, 0.5) is 0 Å². The van der Waals surface area contributed by atoms with Crippen molar-refractivity contribution in [1.82, 2.24) is 13.5 Å². The quantitative estimate of drug-likeness (QED) is 0.723. The zero-order valence-corrected chi connectivity index (χ0v) is 14.0. The van der Waals surface area contributed by atoms with Crippen LogP contribution in [-0.4, -0.2) is 73.8 Å². The summed E-state index contributed by atoms with van der Waals surface area (Å²) in [6, 6.07) is 0.145. The van der Waals surface area contributed by atoms with Crippen LogP contribution in [0.5, 0.6) is 0 Å². The zero-order chi connectivity index (χ0) is 15.3. The number of hydrogen-bond donors (Lipinski definition) is 1. The Morgan fingerprint density at radius 1 is 1.05 bits per heavy atom. The van der Waals surface area contributed by atoms with E-state index in [1.54, 1.807) is 8.61 Å². The van der Waals surface area contributed by atoms with Gasteiger partial charge in [-0.3, -0.25) is 0 Å². The van der Waals surface area contributed by atoms with Gasteiger partial charge in [-0.15, -0.1) is 0 Å². The van der Waals surface area contributed by atoms with E-state index in [9.17, 15) is 8.42 Å². The summed E-state index contributed by atoms with van der Waals surface area (Å²) in [5.74, 6) is 0. The van der Waals surface area contributed by atoms with Crippen LogP contribution in [0.3, 0.4) is 0 Å². The van der Waals surface area contributed by atoms with Gasteiger partial charge in [0, 0.05) is 38.8 Å². The monoisotopic (exact) mass is 318 g/mol. The van der Waals surface area contributed by atoms with Crippen LogP contribution in [0.25, 0.3) is 0 Å². The maximum Gasteiger partial charge on any atom is 0.282 e. The van der Waals surface area contributed by atoms with Gasteiger partial charge >= 0.3 is 0 Å². The average Bonchev–Trinajstić information content (AvgIpc) is 2.48. The molecule has 0 saturated carbocycles. The number of piperazine rings is 1. The van der Waals surface area contributed by atoms with Crippen molar-refractivity contribution in [2.24, 2.45) is 5.73 Å². The maximum absolute atomic E-state index is 12.7. The summed E-state index contributed by atoms with van der Waals surface area (Å²) < 4.78 is 28.9. The predicted molar refractivity (Wildman–Crippen MR) is 85.2 cm³/mol. The van der Waals surface area contributed by atoms with Crippen molar-refractivity contribution in [3.63, 3.8) is 0 Å². The Morgan fingerprint density at radius 2 is 1.76 bits per heavy atom. The molecule has 0 radical (unpaired) electrons. The fraction of sp³-hybridized carbons (Fsp3) is 1.00. The van der Waals surface area contributed by atoms with E-state index in [4.69, 9.17) is 5.73 Å². The van der Waals surface area contributed by atoms with Crippen molar-refractivity contribution in [3.8, 4) is 0 Å². The number of rotatable bonds is 6. The molecular weight excluding hydrogens is 288 g/mol. The Bertz CT molecular complexity index is 407. The lowest BCUT2D eigenvalue weighted by Gasteiger charge is -2.40. The molecule has 7 heteroatoms. The number of hydrogen-bond acceptors (Lipinski definition) is 4. The van der Waals surface area contributed by atoms with E-state index in [1.165, 1.54) is 0 Å². The van der Waals surface area contributed by atoms with Gasteiger partial charge in [0.1, 0.15) is 0 Å². The largest absolute Gasteiger partial charge is 0.330 e. The van der Waals surface area contributed by atoms with Crippen molar-refractivity contribution in [2.75, 3.05) is 45.8 Å². The number of piperidine rings is 1. The minimum absolute atomic E-state index is 0.145. The van der Waals surface area contributed by atoms with Crippen LogP contribution in [0.15, 0.2) is 0 Å². The minimum atomic E-state index is -3.26. The summed E-state index contributed by atoms with van der Waals surface area (Å²) in [7, 11) is -3.26.